The molecular formula is C14H25N3S. The van der Waals surface area contributed by atoms with Crippen molar-refractivity contribution in [2.24, 2.45) is 10.9 Å². The van der Waals surface area contributed by atoms with Crippen LogP contribution in [0.3, 0.4) is 0 Å². The molecule has 0 spiro atoms. The van der Waals surface area contributed by atoms with E-state index in [0.29, 0.717) is 12.1 Å². The van der Waals surface area contributed by atoms with Gasteiger partial charge in [0, 0.05) is 30.9 Å². The van der Waals surface area contributed by atoms with Crippen molar-refractivity contribution in [2.75, 3.05) is 18.8 Å². The Morgan fingerprint density at radius 1 is 1.39 bits per heavy atom. The molecule has 1 saturated carbocycles. The predicted molar refractivity (Wildman–Crippen MR) is 79.3 cm³/mol. The lowest BCUT2D eigenvalue weighted by molar-refractivity contribution is 0.322. The summed E-state index contributed by atoms with van der Waals surface area (Å²) in [6.45, 7) is 7.10. The smallest absolute Gasteiger partial charge is 0.157 e. The Labute approximate surface area is 115 Å². The van der Waals surface area contributed by atoms with E-state index < -0.39 is 0 Å². The molecule has 0 amide bonds. The number of hydrogen-bond acceptors (Lipinski definition) is 4. The van der Waals surface area contributed by atoms with Crippen LogP contribution in [0.4, 0.5) is 0 Å². The van der Waals surface area contributed by atoms with Crippen LogP contribution in [0.5, 0.6) is 0 Å². The minimum Gasteiger partial charge on any atom is -0.361 e. The highest BCUT2D eigenvalue weighted by Gasteiger charge is 2.35. The van der Waals surface area contributed by atoms with Crippen molar-refractivity contribution in [3.05, 3.63) is 0 Å². The molecule has 0 aromatic heterocycles. The molecule has 18 heavy (non-hydrogen) atoms. The number of nitrogens with one attached hydrogen (secondary N) is 1. The third-order valence-electron chi connectivity index (χ3n) is 4.07. The Balaban J connectivity index is 1.45. The summed E-state index contributed by atoms with van der Waals surface area (Å²) in [5.74, 6) is 1.94. The molecule has 3 aliphatic rings. The van der Waals surface area contributed by atoms with E-state index in [-0.39, 0.29) is 0 Å². The number of nitrogens with zero attached hydrogens (tertiary/aromatic N) is 2. The van der Waals surface area contributed by atoms with Gasteiger partial charge in [-0.2, -0.15) is 0 Å². The summed E-state index contributed by atoms with van der Waals surface area (Å²) in [7, 11) is 0. The molecule has 0 radical (unpaired) electrons. The monoisotopic (exact) mass is 267 g/mol. The predicted octanol–water partition coefficient (Wildman–Crippen LogP) is 2.33. The lowest BCUT2D eigenvalue weighted by Crippen LogP contribution is -2.35. The second-order valence-corrected chi connectivity index (χ2v) is 7.39. The molecule has 0 bridgehead atoms. The Hall–Kier alpha value is -0.220. The van der Waals surface area contributed by atoms with Crippen LogP contribution in [-0.2, 0) is 0 Å². The minimum absolute atomic E-state index is 0.554. The van der Waals surface area contributed by atoms with Gasteiger partial charge in [-0.25, -0.2) is 0 Å². The Bertz CT molecular complexity index is 325. The van der Waals surface area contributed by atoms with Gasteiger partial charge >= 0.3 is 0 Å². The first kappa shape index (κ1) is 12.8. The van der Waals surface area contributed by atoms with Crippen molar-refractivity contribution >= 4 is 16.9 Å². The Kier molecular flexibility index (Phi) is 3.85. The molecular weight excluding hydrogens is 242 g/mol. The van der Waals surface area contributed by atoms with Gasteiger partial charge in [0.25, 0.3) is 0 Å². The molecule has 3 nitrogen and oxygen atoms in total. The van der Waals surface area contributed by atoms with Crippen molar-refractivity contribution in [3.8, 4) is 0 Å². The van der Waals surface area contributed by atoms with Gasteiger partial charge in [-0.1, -0.05) is 25.6 Å². The van der Waals surface area contributed by atoms with E-state index in [1.54, 1.807) is 0 Å². The number of aliphatic imine (C=N–C) groups is 1. The molecule has 2 atom stereocenters. The van der Waals surface area contributed by atoms with Gasteiger partial charge in [-0.15, -0.1) is 0 Å². The number of likely N-dealkylation sites (tertiary alicyclic amines) is 1. The molecule has 2 aliphatic heterocycles. The van der Waals surface area contributed by atoms with E-state index in [1.807, 2.05) is 11.8 Å². The molecule has 2 unspecified atom stereocenters. The van der Waals surface area contributed by atoms with Gasteiger partial charge in [0.15, 0.2) is 5.17 Å². The largest absolute Gasteiger partial charge is 0.361 e. The van der Waals surface area contributed by atoms with Gasteiger partial charge in [0.1, 0.15) is 0 Å². The van der Waals surface area contributed by atoms with Gasteiger partial charge < -0.3 is 5.32 Å². The minimum atomic E-state index is 0.554. The molecule has 102 valence electrons. The molecule has 3 rings (SSSR count). The number of amidine groups is 1. The van der Waals surface area contributed by atoms with Crippen molar-refractivity contribution in [1.82, 2.24) is 10.2 Å². The van der Waals surface area contributed by atoms with Crippen LogP contribution in [0.25, 0.3) is 0 Å². The van der Waals surface area contributed by atoms with E-state index >= 15 is 0 Å². The molecule has 2 fully saturated rings. The molecule has 4 heteroatoms. The molecule has 0 aromatic rings. The molecule has 1 saturated heterocycles. The van der Waals surface area contributed by atoms with Crippen molar-refractivity contribution in [3.63, 3.8) is 0 Å². The van der Waals surface area contributed by atoms with Gasteiger partial charge in [0.05, 0.1) is 6.04 Å². The first-order valence-corrected chi connectivity index (χ1v) is 8.40. The summed E-state index contributed by atoms with van der Waals surface area (Å²) in [6.07, 6.45) is 5.39. The zero-order valence-corrected chi connectivity index (χ0v) is 12.4. The SMILES string of the molecule is CC(C)CC1CSC(NC2CCN(C3CC3)C2)=N1. The van der Waals surface area contributed by atoms with Crippen LogP contribution in [0.1, 0.15) is 39.5 Å². The summed E-state index contributed by atoms with van der Waals surface area (Å²) in [5, 5.41) is 4.88. The zero-order chi connectivity index (χ0) is 12.5. The second-order valence-electron chi connectivity index (χ2n) is 6.38. The number of hydrogen-bond donors (Lipinski definition) is 1. The van der Waals surface area contributed by atoms with Gasteiger partial charge in [0.2, 0.25) is 0 Å². The van der Waals surface area contributed by atoms with Gasteiger partial charge in [-0.05, 0) is 31.6 Å². The average molecular weight is 267 g/mol. The van der Waals surface area contributed by atoms with Crippen LogP contribution < -0.4 is 5.32 Å². The topological polar surface area (TPSA) is 27.6 Å². The Morgan fingerprint density at radius 2 is 2.22 bits per heavy atom. The fourth-order valence-electron chi connectivity index (χ4n) is 3.01. The number of thioether (sulfide) groups is 1. The average Bonchev–Trinajstić information content (AvgIpc) is 2.92. The Morgan fingerprint density at radius 3 is 2.94 bits per heavy atom. The quantitative estimate of drug-likeness (QED) is 0.847. The fraction of sp³-hybridized carbons (Fsp3) is 0.929. The lowest BCUT2D eigenvalue weighted by Gasteiger charge is -2.16. The zero-order valence-electron chi connectivity index (χ0n) is 11.6. The first-order valence-electron chi connectivity index (χ1n) is 7.42. The van der Waals surface area contributed by atoms with Gasteiger partial charge in [-0.3, -0.25) is 9.89 Å². The normalized spacial score (nSPS) is 33.2. The molecule has 0 aromatic carbocycles. The highest BCUT2D eigenvalue weighted by molar-refractivity contribution is 8.14. The summed E-state index contributed by atoms with van der Waals surface area (Å²) in [5.41, 5.74) is 0. The maximum atomic E-state index is 4.83. The third kappa shape index (κ3) is 3.21. The third-order valence-corrected chi connectivity index (χ3v) is 5.11. The van der Waals surface area contributed by atoms with E-state index in [1.165, 1.54) is 49.7 Å². The van der Waals surface area contributed by atoms with Crippen LogP contribution in [-0.4, -0.2) is 47.0 Å². The molecule has 1 N–H and O–H groups in total. The van der Waals surface area contributed by atoms with Crippen LogP contribution in [0.2, 0.25) is 0 Å². The van der Waals surface area contributed by atoms with Crippen LogP contribution in [0.15, 0.2) is 4.99 Å². The summed E-state index contributed by atoms with van der Waals surface area (Å²) >= 11 is 1.92. The summed E-state index contributed by atoms with van der Waals surface area (Å²) in [4.78, 5) is 7.48. The van der Waals surface area contributed by atoms with E-state index in [0.717, 1.165) is 12.0 Å². The van der Waals surface area contributed by atoms with Crippen LogP contribution in [0, 0.1) is 5.92 Å². The highest BCUT2D eigenvalue weighted by Crippen LogP contribution is 2.30. The maximum Gasteiger partial charge on any atom is 0.157 e. The first-order chi connectivity index (χ1) is 8.70. The van der Waals surface area contributed by atoms with Crippen molar-refractivity contribution in [1.29, 1.82) is 0 Å². The van der Waals surface area contributed by atoms with E-state index in [4.69, 9.17) is 4.99 Å². The van der Waals surface area contributed by atoms with E-state index in [2.05, 4.69) is 24.1 Å². The summed E-state index contributed by atoms with van der Waals surface area (Å²) < 4.78 is 0. The second kappa shape index (κ2) is 5.41. The lowest BCUT2D eigenvalue weighted by atomic mass is 10.1. The van der Waals surface area contributed by atoms with Crippen molar-refractivity contribution < 1.29 is 0 Å². The van der Waals surface area contributed by atoms with Crippen LogP contribution >= 0.6 is 11.8 Å². The maximum absolute atomic E-state index is 4.83. The standard InChI is InChI=1S/C14H25N3S/c1-10(2)7-12-9-18-14(16-12)15-11-5-6-17(8-11)13-3-4-13/h10-13H,3-9H2,1-2H3,(H,15,16). The highest BCUT2D eigenvalue weighted by atomic mass is 32.2. The number of rotatable bonds is 4. The summed E-state index contributed by atoms with van der Waals surface area (Å²) in [6, 6.07) is 2.12. The van der Waals surface area contributed by atoms with Crippen molar-refractivity contribution in [2.45, 2.75) is 57.7 Å². The van der Waals surface area contributed by atoms with E-state index in [9.17, 15) is 0 Å². The molecule has 1 aliphatic carbocycles. The molecule has 2 heterocycles. The fourth-order valence-corrected chi connectivity index (χ4v) is 4.04.